The summed E-state index contributed by atoms with van der Waals surface area (Å²) >= 11 is 5.93. The number of nitrogens with zero attached hydrogens (tertiary/aromatic N) is 2. The molecule has 1 unspecified atom stereocenters. The van der Waals surface area contributed by atoms with E-state index in [9.17, 15) is 0 Å². The van der Waals surface area contributed by atoms with E-state index >= 15 is 0 Å². The fraction of sp³-hybridized carbons (Fsp3) is 0.462. The van der Waals surface area contributed by atoms with Crippen molar-refractivity contribution in [2.75, 3.05) is 0 Å². The molecular weight excluding hydrogens is 234 g/mol. The van der Waals surface area contributed by atoms with Gasteiger partial charge in [0.15, 0.2) is 0 Å². The van der Waals surface area contributed by atoms with Crippen molar-refractivity contribution in [1.82, 2.24) is 14.7 Å². The topological polar surface area (TPSA) is 29.3 Å². The third-order valence-electron chi connectivity index (χ3n) is 2.82. The molecule has 92 valence electrons. The molecule has 1 N–H and O–H groups in total. The number of hydrogen-bond acceptors (Lipinski definition) is 2. The maximum atomic E-state index is 5.93. The van der Waals surface area contributed by atoms with Crippen LogP contribution < -0.4 is 5.32 Å². The van der Waals surface area contributed by atoms with Crippen LogP contribution in [0, 0.1) is 0 Å². The van der Waals surface area contributed by atoms with Crippen LogP contribution in [0.1, 0.15) is 32.4 Å². The van der Waals surface area contributed by atoms with Crippen molar-refractivity contribution < 1.29 is 0 Å². The van der Waals surface area contributed by atoms with Crippen molar-refractivity contribution in [2.24, 2.45) is 0 Å². The molecule has 2 aromatic heterocycles. The molecule has 0 bridgehead atoms. The first-order valence-corrected chi connectivity index (χ1v) is 6.43. The Hall–Kier alpha value is -1.06. The SMILES string of the molecule is CCCC(C)NCc1cn2cc(Cl)ccc2n1. The molecule has 0 radical (unpaired) electrons. The summed E-state index contributed by atoms with van der Waals surface area (Å²) in [7, 11) is 0. The highest BCUT2D eigenvalue weighted by Gasteiger charge is 2.04. The van der Waals surface area contributed by atoms with E-state index in [0.717, 1.165) is 22.9 Å². The average molecular weight is 252 g/mol. The third kappa shape index (κ3) is 3.20. The smallest absolute Gasteiger partial charge is 0.137 e. The molecular formula is C13H18ClN3. The number of halogens is 1. The van der Waals surface area contributed by atoms with Crippen molar-refractivity contribution in [1.29, 1.82) is 0 Å². The van der Waals surface area contributed by atoms with Crippen molar-refractivity contribution in [2.45, 2.75) is 39.3 Å². The molecule has 3 nitrogen and oxygen atoms in total. The summed E-state index contributed by atoms with van der Waals surface area (Å²) in [6, 6.07) is 4.33. The first kappa shape index (κ1) is 12.4. The molecule has 0 saturated carbocycles. The molecule has 0 spiro atoms. The van der Waals surface area contributed by atoms with Crippen LogP contribution in [0.25, 0.3) is 5.65 Å². The Morgan fingerprint density at radius 1 is 1.41 bits per heavy atom. The maximum Gasteiger partial charge on any atom is 0.137 e. The Labute approximate surface area is 107 Å². The summed E-state index contributed by atoms with van der Waals surface area (Å²) in [4.78, 5) is 4.53. The van der Waals surface area contributed by atoms with Gasteiger partial charge in [-0.1, -0.05) is 24.9 Å². The van der Waals surface area contributed by atoms with Gasteiger partial charge < -0.3 is 9.72 Å². The van der Waals surface area contributed by atoms with Gasteiger partial charge in [-0.25, -0.2) is 4.98 Å². The molecule has 0 aliphatic heterocycles. The summed E-state index contributed by atoms with van der Waals surface area (Å²) < 4.78 is 1.96. The Morgan fingerprint density at radius 3 is 3.00 bits per heavy atom. The number of hydrogen-bond donors (Lipinski definition) is 1. The number of nitrogens with one attached hydrogen (secondary N) is 1. The van der Waals surface area contributed by atoms with E-state index in [2.05, 4.69) is 24.1 Å². The zero-order chi connectivity index (χ0) is 12.3. The first-order valence-electron chi connectivity index (χ1n) is 6.05. The second-order valence-corrected chi connectivity index (χ2v) is 4.85. The van der Waals surface area contributed by atoms with Gasteiger partial charge in [0.2, 0.25) is 0 Å². The second-order valence-electron chi connectivity index (χ2n) is 4.42. The van der Waals surface area contributed by atoms with Crippen molar-refractivity contribution >= 4 is 17.2 Å². The predicted molar refractivity (Wildman–Crippen MR) is 71.4 cm³/mol. The van der Waals surface area contributed by atoms with E-state index < -0.39 is 0 Å². The molecule has 17 heavy (non-hydrogen) atoms. The molecule has 0 amide bonds. The van der Waals surface area contributed by atoms with Gasteiger partial charge in [0, 0.05) is 25.0 Å². The van der Waals surface area contributed by atoms with Gasteiger partial charge in [0.1, 0.15) is 5.65 Å². The number of imidazole rings is 1. The molecule has 4 heteroatoms. The number of fused-ring (bicyclic) bond motifs is 1. The van der Waals surface area contributed by atoms with Crippen molar-refractivity contribution in [3.8, 4) is 0 Å². The minimum atomic E-state index is 0.536. The van der Waals surface area contributed by atoms with Gasteiger partial charge in [-0.2, -0.15) is 0 Å². The quantitative estimate of drug-likeness (QED) is 0.884. The number of pyridine rings is 1. The lowest BCUT2D eigenvalue weighted by atomic mass is 10.2. The number of rotatable bonds is 5. The van der Waals surface area contributed by atoms with E-state index in [1.165, 1.54) is 12.8 Å². The highest BCUT2D eigenvalue weighted by atomic mass is 35.5. The van der Waals surface area contributed by atoms with E-state index in [-0.39, 0.29) is 0 Å². The molecule has 1 atom stereocenters. The van der Waals surface area contributed by atoms with Gasteiger partial charge >= 0.3 is 0 Å². The molecule has 0 aromatic carbocycles. The normalized spacial score (nSPS) is 13.1. The molecule has 0 aliphatic rings. The largest absolute Gasteiger partial charge is 0.309 e. The zero-order valence-electron chi connectivity index (χ0n) is 10.3. The molecule has 0 aliphatic carbocycles. The Kier molecular flexibility index (Phi) is 4.02. The van der Waals surface area contributed by atoms with Gasteiger partial charge in [-0.3, -0.25) is 0 Å². The summed E-state index contributed by atoms with van der Waals surface area (Å²) in [6.07, 6.45) is 6.30. The lowest BCUT2D eigenvalue weighted by Crippen LogP contribution is -2.25. The predicted octanol–water partition coefficient (Wildman–Crippen LogP) is 3.27. The molecule has 2 aromatic rings. The highest BCUT2D eigenvalue weighted by molar-refractivity contribution is 6.30. The number of aromatic nitrogens is 2. The van der Waals surface area contributed by atoms with Crippen molar-refractivity contribution in [3.05, 3.63) is 35.2 Å². The minimum Gasteiger partial charge on any atom is -0.309 e. The van der Waals surface area contributed by atoms with Crippen LogP contribution >= 0.6 is 11.6 Å². The van der Waals surface area contributed by atoms with Crippen LogP contribution in [0.2, 0.25) is 5.02 Å². The monoisotopic (exact) mass is 251 g/mol. The van der Waals surface area contributed by atoms with Gasteiger partial charge in [0.25, 0.3) is 0 Å². The summed E-state index contributed by atoms with van der Waals surface area (Å²) in [5.41, 5.74) is 1.99. The summed E-state index contributed by atoms with van der Waals surface area (Å²) in [5.74, 6) is 0. The van der Waals surface area contributed by atoms with Crippen LogP contribution in [0.3, 0.4) is 0 Å². The molecule has 2 heterocycles. The summed E-state index contributed by atoms with van der Waals surface area (Å²) in [6.45, 7) is 5.21. The lowest BCUT2D eigenvalue weighted by Gasteiger charge is -2.10. The Balaban J connectivity index is 2.04. The molecule has 2 rings (SSSR count). The van der Waals surface area contributed by atoms with E-state index in [1.54, 1.807) is 0 Å². The van der Waals surface area contributed by atoms with E-state index in [4.69, 9.17) is 11.6 Å². The average Bonchev–Trinajstić information content (AvgIpc) is 2.68. The minimum absolute atomic E-state index is 0.536. The standard InChI is InChI=1S/C13H18ClN3/c1-3-4-10(2)15-7-12-9-17-8-11(14)5-6-13(17)16-12/h5-6,8-10,15H,3-4,7H2,1-2H3. The van der Waals surface area contributed by atoms with Crippen LogP contribution in [-0.4, -0.2) is 15.4 Å². The lowest BCUT2D eigenvalue weighted by molar-refractivity contribution is 0.505. The third-order valence-corrected chi connectivity index (χ3v) is 3.04. The fourth-order valence-electron chi connectivity index (χ4n) is 1.92. The van der Waals surface area contributed by atoms with Crippen molar-refractivity contribution in [3.63, 3.8) is 0 Å². The van der Waals surface area contributed by atoms with Crippen LogP contribution in [0.5, 0.6) is 0 Å². The zero-order valence-corrected chi connectivity index (χ0v) is 11.0. The first-order chi connectivity index (χ1) is 8.19. The fourth-order valence-corrected chi connectivity index (χ4v) is 2.08. The maximum absolute atomic E-state index is 5.93. The molecule has 0 saturated heterocycles. The van der Waals surface area contributed by atoms with Gasteiger partial charge in [0.05, 0.1) is 10.7 Å². The second kappa shape index (κ2) is 5.52. The molecule has 0 fully saturated rings. The summed E-state index contributed by atoms with van der Waals surface area (Å²) in [5, 5.41) is 4.20. The highest BCUT2D eigenvalue weighted by Crippen LogP contribution is 2.11. The van der Waals surface area contributed by atoms with E-state index in [1.807, 2.05) is 28.9 Å². The van der Waals surface area contributed by atoms with Crippen LogP contribution in [0.4, 0.5) is 0 Å². The Morgan fingerprint density at radius 2 is 2.24 bits per heavy atom. The van der Waals surface area contributed by atoms with Gasteiger partial charge in [-0.05, 0) is 25.5 Å². The van der Waals surface area contributed by atoms with E-state index in [0.29, 0.717) is 6.04 Å². The van der Waals surface area contributed by atoms with Crippen LogP contribution in [0.15, 0.2) is 24.5 Å². The van der Waals surface area contributed by atoms with Gasteiger partial charge in [-0.15, -0.1) is 0 Å². The van der Waals surface area contributed by atoms with Crippen LogP contribution in [-0.2, 0) is 6.54 Å². The Bertz CT molecular complexity index is 492.